The summed E-state index contributed by atoms with van der Waals surface area (Å²) in [6.07, 6.45) is 6.48. The van der Waals surface area contributed by atoms with Crippen LogP contribution in [0.5, 0.6) is 0 Å². The minimum Gasteiger partial charge on any atom is -0.392 e. The van der Waals surface area contributed by atoms with Gasteiger partial charge in [-0.1, -0.05) is 6.07 Å². The number of hydrogen-bond acceptors (Lipinski definition) is 4. The topological polar surface area (TPSA) is 68.4 Å². The van der Waals surface area contributed by atoms with E-state index in [1.807, 2.05) is 19.1 Å². The van der Waals surface area contributed by atoms with Crippen LogP contribution in [-0.2, 0) is 4.74 Å². The van der Waals surface area contributed by atoms with Crippen molar-refractivity contribution >= 4 is 0 Å². The maximum Gasteiger partial charge on any atom is 0.0624 e. The lowest BCUT2D eigenvalue weighted by atomic mass is 9.76. The molecule has 4 nitrogen and oxygen atoms in total. The number of aromatic nitrogens is 1. The van der Waals surface area contributed by atoms with Crippen molar-refractivity contribution in [1.82, 2.24) is 4.98 Å². The second-order valence-electron chi connectivity index (χ2n) is 5.35. The number of hydrogen-bond donors (Lipinski definition) is 2. The molecule has 1 heterocycles. The van der Waals surface area contributed by atoms with Crippen LogP contribution in [0.25, 0.3) is 0 Å². The van der Waals surface area contributed by atoms with E-state index in [-0.39, 0.29) is 12.0 Å². The molecule has 106 valence electrons. The average molecular weight is 264 g/mol. The molecule has 0 radical (unpaired) electrons. The number of aliphatic hydroxyl groups excluding tert-OH is 1. The fraction of sp³-hybridized carbons (Fsp3) is 0.667. The van der Waals surface area contributed by atoms with Crippen LogP contribution < -0.4 is 5.73 Å². The molecule has 3 N–H and O–H groups in total. The van der Waals surface area contributed by atoms with Crippen molar-refractivity contribution < 1.29 is 9.84 Å². The highest BCUT2D eigenvalue weighted by molar-refractivity contribution is 5.16. The van der Waals surface area contributed by atoms with Crippen molar-refractivity contribution in [3.63, 3.8) is 0 Å². The first-order valence-corrected chi connectivity index (χ1v) is 7.14. The van der Waals surface area contributed by atoms with Gasteiger partial charge in [0.2, 0.25) is 0 Å². The van der Waals surface area contributed by atoms with E-state index >= 15 is 0 Å². The Hall–Kier alpha value is -0.970. The summed E-state index contributed by atoms with van der Waals surface area (Å²) in [6, 6.07) is 3.87. The molecule has 2 rings (SSSR count). The quantitative estimate of drug-likeness (QED) is 0.786. The molecule has 0 aromatic carbocycles. The van der Waals surface area contributed by atoms with Gasteiger partial charge in [-0.25, -0.2) is 0 Å². The predicted octanol–water partition coefficient (Wildman–Crippen LogP) is 1.69. The van der Waals surface area contributed by atoms with Crippen LogP contribution >= 0.6 is 0 Å². The highest BCUT2D eigenvalue weighted by Gasteiger charge is 2.33. The van der Waals surface area contributed by atoms with Crippen molar-refractivity contribution in [2.24, 2.45) is 11.7 Å². The summed E-state index contributed by atoms with van der Waals surface area (Å²) < 4.78 is 5.54. The Morgan fingerprint density at radius 3 is 2.89 bits per heavy atom. The Kier molecular flexibility index (Phi) is 5.31. The largest absolute Gasteiger partial charge is 0.392 e. The molecule has 0 spiro atoms. The van der Waals surface area contributed by atoms with Crippen molar-refractivity contribution in [2.75, 3.05) is 13.2 Å². The molecule has 19 heavy (non-hydrogen) atoms. The van der Waals surface area contributed by atoms with Crippen LogP contribution in [0.15, 0.2) is 24.5 Å². The SMILES string of the molecule is CCOC1CC(CC(O)C(CN)c2cccnc2)C1. The first-order chi connectivity index (χ1) is 9.24. The highest BCUT2D eigenvalue weighted by atomic mass is 16.5. The molecule has 0 aliphatic heterocycles. The Labute approximate surface area is 115 Å². The first kappa shape index (κ1) is 14.4. The van der Waals surface area contributed by atoms with Gasteiger partial charge in [0.25, 0.3) is 0 Å². The number of aliphatic hydroxyl groups is 1. The lowest BCUT2D eigenvalue weighted by Gasteiger charge is -2.37. The van der Waals surface area contributed by atoms with Gasteiger partial charge in [0.05, 0.1) is 12.2 Å². The molecule has 2 atom stereocenters. The lowest BCUT2D eigenvalue weighted by Crippen LogP contribution is -2.36. The fourth-order valence-electron chi connectivity index (χ4n) is 2.86. The maximum atomic E-state index is 10.4. The average Bonchev–Trinajstić information content (AvgIpc) is 2.38. The maximum absolute atomic E-state index is 10.4. The normalized spacial score (nSPS) is 25.6. The summed E-state index contributed by atoms with van der Waals surface area (Å²) in [7, 11) is 0. The first-order valence-electron chi connectivity index (χ1n) is 7.14. The van der Waals surface area contributed by atoms with Gasteiger partial charge in [0, 0.05) is 31.5 Å². The van der Waals surface area contributed by atoms with Gasteiger partial charge in [0.15, 0.2) is 0 Å². The van der Waals surface area contributed by atoms with Gasteiger partial charge in [-0.3, -0.25) is 4.98 Å². The van der Waals surface area contributed by atoms with E-state index in [1.165, 1.54) is 0 Å². The summed E-state index contributed by atoms with van der Waals surface area (Å²) in [4.78, 5) is 4.10. The Balaban J connectivity index is 1.83. The molecule has 1 aromatic heterocycles. The Morgan fingerprint density at radius 1 is 1.53 bits per heavy atom. The smallest absolute Gasteiger partial charge is 0.0624 e. The standard InChI is InChI=1S/C15H24N2O2/c1-2-19-13-6-11(7-13)8-15(18)14(9-16)12-4-3-5-17-10-12/h3-5,10-11,13-15,18H,2,6-9,16H2,1H3. The monoisotopic (exact) mass is 264 g/mol. The molecular formula is C15H24N2O2. The molecule has 1 saturated carbocycles. The third kappa shape index (κ3) is 3.75. The number of nitrogens with two attached hydrogens (primary N) is 1. The fourth-order valence-corrected chi connectivity index (χ4v) is 2.86. The summed E-state index contributed by atoms with van der Waals surface area (Å²) in [5.74, 6) is 0.553. The minimum atomic E-state index is -0.387. The van der Waals surface area contributed by atoms with Crippen LogP contribution in [0.1, 0.15) is 37.7 Å². The van der Waals surface area contributed by atoms with Crippen LogP contribution in [0, 0.1) is 5.92 Å². The van der Waals surface area contributed by atoms with Crippen molar-refractivity contribution in [1.29, 1.82) is 0 Å². The molecule has 2 unspecified atom stereocenters. The molecule has 0 bridgehead atoms. The zero-order chi connectivity index (χ0) is 13.7. The van der Waals surface area contributed by atoms with Crippen LogP contribution in [-0.4, -0.2) is 35.5 Å². The van der Waals surface area contributed by atoms with Gasteiger partial charge in [0.1, 0.15) is 0 Å². The lowest BCUT2D eigenvalue weighted by molar-refractivity contribution is -0.0398. The number of pyridine rings is 1. The van der Waals surface area contributed by atoms with Gasteiger partial charge in [-0.15, -0.1) is 0 Å². The number of rotatable bonds is 7. The van der Waals surface area contributed by atoms with E-state index in [9.17, 15) is 5.11 Å². The third-order valence-electron chi connectivity index (χ3n) is 4.00. The van der Waals surface area contributed by atoms with Crippen molar-refractivity contribution in [3.05, 3.63) is 30.1 Å². The zero-order valence-electron chi connectivity index (χ0n) is 11.5. The molecule has 1 aromatic rings. The Bertz CT molecular complexity index is 366. The third-order valence-corrected chi connectivity index (χ3v) is 4.00. The molecule has 4 heteroatoms. The van der Waals surface area contributed by atoms with E-state index in [0.717, 1.165) is 31.4 Å². The zero-order valence-corrected chi connectivity index (χ0v) is 11.5. The van der Waals surface area contributed by atoms with E-state index < -0.39 is 0 Å². The van der Waals surface area contributed by atoms with E-state index in [2.05, 4.69) is 4.98 Å². The van der Waals surface area contributed by atoms with E-state index in [4.69, 9.17) is 10.5 Å². The van der Waals surface area contributed by atoms with Gasteiger partial charge in [-0.2, -0.15) is 0 Å². The molecular weight excluding hydrogens is 240 g/mol. The minimum absolute atomic E-state index is 0.0140. The number of ether oxygens (including phenoxy) is 1. The van der Waals surface area contributed by atoms with Gasteiger partial charge < -0.3 is 15.6 Å². The summed E-state index contributed by atoms with van der Waals surface area (Å²) in [6.45, 7) is 3.25. The summed E-state index contributed by atoms with van der Waals surface area (Å²) in [5, 5.41) is 10.4. The molecule has 0 saturated heterocycles. The van der Waals surface area contributed by atoms with E-state index in [0.29, 0.717) is 18.6 Å². The van der Waals surface area contributed by atoms with Crippen LogP contribution in [0.3, 0.4) is 0 Å². The molecule has 0 amide bonds. The number of nitrogens with zero attached hydrogens (tertiary/aromatic N) is 1. The van der Waals surface area contributed by atoms with Gasteiger partial charge >= 0.3 is 0 Å². The second-order valence-corrected chi connectivity index (χ2v) is 5.35. The summed E-state index contributed by atoms with van der Waals surface area (Å²) >= 11 is 0. The van der Waals surface area contributed by atoms with Gasteiger partial charge in [-0.05, 0) is 43.7 Å². The van der Waals surface area contributed by atoms with E-state index in [1.54, 1.807) is 12.4 Å². The summed E-state index contributed by atoms with van der Waals surface area (Å²) in [5.41, 5.74) is 6.83. The van der Waals surface area contributed by atoms with Crippen molar-refractivity contribution in [2.45, 2.75) is 44.3 Å². The van der Waals surface area contributed by atoms with Crippen LogP contribution in [0.2, 0.25) is 0 Å². The Morgan fingerprint density at radius 2 is 2.32 bits per heavy atom. The van der Waals surface area contributed by atoms with Crippen molar-refractivity contribution in [3.8, 4) is 0 Å². The molecule has 1 aliphatic carbocycles. The molecule has 1 aliphatic rings. The molecule has 1 fully saturated rings. The second kappa shape index (κ2) is 6.98. The highest BCUT2D eigenvalue weighted by Crippen LogP contribution is 2.35. The predicted molar refractivity (Wildman–Crippen MR) is 74.8 cm³/mol. The van der Waals surface area contributed by atoms with Crippen LogP contribution in [0.4, 0.5) is 0 Å².